The van der Waals surface area contributed by atoms with Gasteiger partial charge in [0.25, 0.3) is 11.2 Å². The molecule has 0 aliphatic heterocycles. The van der Waals surface area contributed by atoms with Gasteiger partial charge in [-0.15, -0.1) is 0 Å². The number of aromatic nitrogens is 1. The van der Waals surface area contributed by atoms with Gasteiger partial charge in [0.1, 0.15) is 6.29 Å². The summed E-state index contributed by atoms with van der Waals surface area (Å²) in [4.78, 5) is 39.7. The van der Waals surface area contributed by atoms with E-state index in [4.69, 9.17) is 9.79 Å². The normalized spacial score (nSPS) is 11.3. The molecule has 1 aromatic heterocycles. The van der Waals surface area contributed by atoms with Gasteiger partial charge in [-0.25, -0.2) is 0 Å². The Kier molecular flexibility index (Phi) is 4.04. The summed E-state index contributed by atoms with van der Waals surface area (Å²) >= 11 is 0. The third kappa shape index (κ3) is 3.85. The van der Waals surface area contributed by atoms with Crippen LogP contribution in [0.1, 0.15) is 0 Å². The van der Waals surface area contributed by atoms with Gasteiger partial charge in [0, 0.05) is 24.4 Å². The third-order valence-corrected chi connectivity index (χ3v) is 3.40. The average molecular weight is 310 g/mol. The fourth-order valence-corrected chi connectivity index (χ4v) is 2.43. The summed E-state index contributed by atoms with van der Waals surface area (Å²) in [5, 5.41) is 10.7. The molecule has 21 heavy (non-hydrogen) atoms. The number of benzene rings is 1. The van der Waals surface area contributed by atoms with Crippen molar-refractivity contribution in [1.82, 2.24) is 4.57 Å². The minimum atomic E-state index is -4.35. The molecule has 0 bridgehead atoms. The molecule has 0 radical (unpaired) electrons. The number of nitro groups is 1. The lowest BCUT2D eigenvalue weighted by Gasteiger charge is -2.08. The molecule has 2 N–H and O–H groups in total. The molecule has 0 atom stereocenters. The maximum Gasteiger partial charge on any atom is 0.345 e. The lowest BCUT2D eigenvalue weighted by Crippen LogP contribution is -2.18. The Bertz CT molecular complexity index is 794. The second-order valence-corrected chi connectivity index (χ2v) is 5.95. The summed E-state index contributed by atoms with van der Waals surface area (Å²) in [6, 6.07) is 8.40. The van der Waals surface area contributed by atoms with Crippen LogP contribution < -0.4 is 5.56 Å². The lowest BCUT2D eigenvalue weighted by molar-refractivity contribution is -0.384. The van der Waals surface area contributed by atoms with Crippen molar-refractivity contribution >= 4 is 13.3 Å². The first-order chi connectivity index (χ1) is 9.76. The summed E-state index contributed by atoms with van der Waals surface area (Å²) in [5.41, 5.74) is 0.213. The molecule has 2 aromatic rings. The van der Waals surface area contributed by atoms with Gasteiger partial charge >= 0.3 is 7.60 Å². The standard InChI is InChI=1S/C12H11N2O6P/c15-12-7-10(4-5-13(12)8-21(18,19)20)9-2-1-3-11(6-9)14(16)17/h1-7H,8H2,(H2,18,19,20). The van der Waals surface area contributed by atoms with Crippen LogP contribution in [0.5, 0.6) is 0 Å². The number of nitro benzene ring substituents is 1. The summed E-state index contributed by atoms with van der Waals surface area (Å²) in [6.07, 6.45) is 0.538. The predicted octanol–water partition coefficient (Wildman–Crippen LogP) is 1.56. The van der Waals surface area contributed by atoms with E-state index in [1.807, 2.05) is 0 Å². The fourth-order valence-electron chi connectivity index (χ4n) is 1.80. The SMILES string of the molecule is O=c1cc(-c2cccc([N+](=O)[O-])c2)ccn1CP(=O)(O)O. The monoisotopic (exact) mass is 310 g/mol. The molecule has 0 saturated carbocycles. The molecule has 0 fully saturated rings. The number of rotatable bonds is 4. The van der Waals surface area contributed by atoms with Crippen LogP contribution >= 0.6 is 7.60 Å². The smallest absolute Gasteiger partial charge is 0.323 e. The largest absolute Gasteiger partial charge is 0.345 e. The highest BCUT2D eigenvalue weighted by Gasteiger charge is 2.15. The number of non-ortho nitro benzene ring substituents is 1. The molecular weight excluding hydrogens is 299 g/mol. The van der Waals surface area contributed by atoms with E-state index in [0.717, 1.165) is 4.57 Å². The van der Waals surface area contributed by atoms with Crippen molar-refractivity contribution in [2.45, 2.75) is 6.29 Å². The van der Waals surface area contributed by atoms with Gasteiger partial charge in [0.2, 0.25) is 0 Å². The molecule has 1 aromatic carbocycles. The van der Waals surface area contributed by atoms with Gasteiger partial charge in [0.05, 0.1) is 4.92 Å². The second kappa shape index (κ2) is 5.61. The Morgan fingerprint density at radius 2 is 1.86 bits per heavy atom. The Labute approximate surface area is 118 Å². The van der Waals surface area contributed by atoms with Crippen LogP contribution in [0.3, 0.4) is 0 Å². The van der Waals surface area contributed by atoms with Crippen molar-refractivity contribution in [1.29, 1.82) is 0 Å². The van der Waals surface area contributed by atoms with E-state index in [9.17, 15) is 19.5 Å². The minimum Gasteiger partial charge on any atom is -0.323 e. The summed E-state index contributed by atoms with van der Waals surface area (Å²) in [7, 11) is -4.35. The van der Waals surface area contributed by atoms with E-state index in [1.54, 1.807) is 6.07 Å². The number of hydrogen-bond donors (Lipinski definition) is 2. The molecule has 0 unspecified atom stereocenters. The van der Waals surface area contributed by atoms with Crippen LogP contribution in [0, 0.1) is 10.1 Å². The Balaban J connectivity index is 2.41. The van der Waals surface area contributed by atoms with Gasteiger partial charge in [-0.3, -0.25) is 19.5 Å². The first kappa shape index (κ1) is 15.1. The average Bonchev–Trinajstić information content (AvgIpc) is 2.40. The highest BCUT2D eigenvalue weighted by Crippen LogP contribution is 2.35. The van der Waals surface area contributed by atoms with Crippen LogP contribution in [-0.2, 0) is 10.9 Å². The van der Waals surface area contributed by atoms with Gasteiger partial charge in [-0.2, -0.15) is 0 Å². The maximum atomic E-state index is 11.8. The lowest BCUT2D eigenvalue weighted by atomic mass is 10.1. The van der Waals surface area contributed by atoms with Crippen molar-refractivity contribution < 1.29 is 19.3 Å². The molecule has 0 aliphatic rings. The first-order valence-electron chi connectivity index (χ1n) is 5.76. The second-order valence-electron chi connectivity index (χ2n) is 4.34. The fraction of sp³-hybridized carbons (Fsp3) is 0.0833. The van der Waals surface area contributed by atoms with Gasteiger partial charge in [0.15, 0.2) is 0 Å². The highest BCUT2D eigenvalue weighted by molar-refractivity contribution is 7.50. The van der Waals surface area contributed by atoms with Gasteiger partial charge in [-0.1, -0.05) is 12.1 Å². The van der Waals surface area contributed by atoms with Crippen LogP contribution in [0.4, 0.5) is 5.69 Å². The number of hydrogen-bond acceptors (Lipinski definition) is 4. The molecule has 0 spiro atoms. The van der Waals surface area contributed by atoms with Crippen LogP contribution in [-0.4, -0.2) is 19.3 Å². The van der Waals surface area contributed by atoms with E-state index in [-0.39, 0.29) is 5.69 Å². The molecule has 110 valence electrons. The van der Waals surface area contributed by atoms with E-state index in [2.05, 4.69) is 0 Å². The summed E-state index contributed by atoms with van der Waals surface area (Å²) < 4.78 is 11.8. The van der Waals surface area contributed by atoms with E-state index in [0.29, 0.717) is 11.1 Å². The number of pyridine rings is 1. The molecule has 0 aliphatic carbocycles. The Morgan fingerprint density at radius 1 is 1.19 bits per heavy atom. The van der Waals surface area contributed by atoms with Crippen molar-refractivity contribution in [2.24, 2.45) is 0 Å². The zero-order chi connectivity index (χ0) is 15.6. The van der Waals surface area contributed by atoms with Gasteiger partial charge < -0.3 is 14.4 Å². The molecule has 0 amide bonds. The minimum absolute atomic E-state index is 0.105. The third-order valence-electron chi connectivity index (χ3n) is 2.72. The Morgan fingerprint density at radius 3 is 2.43 bits per heavy atom. The number of nitrogens with zero attached hydrogens (tertiary/aromatic N) is 2. The van der Waals surface area contributed by atoms with Crippen molar-refractivity contribution in [3.05, 3.63) is 63.1 Å². The quantitative estimate of drug-likeness (QED) is 0.502. The maximum absolute atomic E-state index is 11.8. The van der Waals surface area contributed by atoms with Crippen LogP contribution in [0.15, 0.2) is 47.4 Å². The van der Waals surface area contributed by atoms with Crippen molar-refractivity contribution in [2.75, 3.05) is 0 Å². The summed E-state index contributed by atoms with van der Waals surface area (Å²) in [6.45, 7) is 0. The van der Waals surface area contributed by atoms with Crippen LogP contribution in [0.25, 0.3) is 11.1 Å². The summed E-state index contributed by atoms with van der Waals surface area (Å²) in [5.74, 6) is 0. The zero-order valence-corrected chi connectivity index (χ0v) is 11.5. The van der Waals surface area contributed by atoms with E-state index >= 15 is 0 Å². The van der Waals surface area contributed by atoms with E-state index < -0.39 is 24.4 Å². The predicted molar refractivity (Wildman–Crippen MR) is 74.8 cm³/mol. The zero-order valence-electron chi connectivity index (χ0n) is 10.6. The van der Waals surface area contributed by atoms with Gasteiger partial charge in [-0.05, 0) is 17.2 Å². The molecule has 9 heteroatoms. The van der Waals surface area contributed by atoms with Crippen molar-refractivity contribution in [3.8, 4) is 11.1 Å². The van der Waals surface area contributed by atoms with E-state index in [1.165, 1.54) is 36.5 Å². The molecular formula is C12H11N2O6P. The molecule has 1 heterocycles. The molecule has 2 rings (SSSR count). The molecule has 8 nitrogen and oxygen atoms in total. The Hall–Kier alpha value is -2.28. The molecule has 0 saturated heterocycles. The highest BCUT2D eigenvalue weighted by atomic mass is 31.2. The van der Waals surface area contributed by atoms with Crippen LogP contribution in [0.2, 0.25) is 0 Å². The first-order valence-corrected chi connectivity index (χ1v) is 7.56. The topological polar surface area (TPSA) is 123 Å². The van der Waals surface area contributed by atoms with Crippen molar-refractivity contribution in [3.63, 3.8) is 0 Å².